The van der Waals surface area contributed by atoms with Crippen LogP contribution in [0.4, 0.5) is 4.39 Å². The first kappa shape index (κ1) is 11.3. The summed E-state index contributed by atoms with van der Waals surface area (Å²) < 4.78 is 20.2. The molecule has 94 valence electrons. The molecule has 0 bridgehead atoms. The fourth-order valence-corrected chi connectivity index (χ4v) is 1.68. The molecule has 0 unspecified atom stereocenters. The summed E-state index contributed by atoms with van der Waals surface area (Å²) in [7, 11) is 0. The molecule has 2 aromatic heterocycles. The minimum atomic E-state index is -0.460. The fourth-order valence-electron chi connectivity index (χ4n) is 1.68. The first-order chi connectivity index (χ1) is 9.28. The molecule has 0 aliphatic heterocycles. The number of carbonyl (C=O) groups is 1. The van der Waals surface area contributed by atoms with Crippen molar-refractivity contribution in [2.24, 2.45) is 0 Å². The van der Waals surface area contributed by atoms with E-state index in [1.165, 1.54) is 17.1 Å². The second kappa shape index (κ2) is 4.45. The molecule has 7 heteroatoms. The Bertz CT molecular complexity index is 721. The Morgan fingerprint density at radius 3 is 2.84 bits per heavy atom. The van der Waals surface area contributed by atoms with E-state index in [9.17, 15) is 9.18 Å². The number of benzene rings is 1. The van der Waals surface area contributed by atoms with Crippen molar-refractivity contribution in [1.29, 1.82) is 0 Å². The summed E-state index contributed by atoms with van der Waals surface area (Å²) in [5.41, 5.74) is 0.826. The van der Waals surface area contributed by atoms with Gasteiger partial charge in [-0.05, 0) is 40.8 Å². The van der Waals surface area contributed by atoms with Gasteiger partial charge < -0.3 is 4.42 Å². The SMILES string of the molecule is O=Cc1ccc(-c2ccc(F)c(-n3cnnn3)c2)o1. The zero-order chi connectivity index (χ0) is 13.2. The summed E-state index contributed by atoms with van der Waals surface area (Å²) in [5.74, 6) is 0.220. The van der Waals surface area contributed by atoms with Crippen LogP contribution in [0.5, 0.6) is 0 Å². The molecule has 0 aliphatic rings. The minimum Gasteiger partial charge on any atom is -0.453 e. The first-order valence-electron chi connectivity index (χ1n) is 5.36. The second-order valence-electron chi connectivity index (χ2n) is 3.74. The lowest BCUT2D eigenvalue weighted by Crippen LogP contribution is -1.99. The molecule has 0 saturated carbocycles. The van der Waals surface area contributed by atoms with E-state index in [4.69, 9.17) is 4.42 Å². The maximum Gasteiger partial charge on any atom is 0.185 e. The average molecular weight is 258 g/mol. The van der Waals surface area contributed by atoms with E-state index in [0.717, 1.165) is 0 Å². The Labute approximate surface area is 106 Å². The molecule has 0 aliphatic carbocycles. The second-order valence-corrected chi connectivity index (χ2v) is 3.74. The lowest BCUT2D eigenvalue weighted by molar-refractivity contribution is 0.110. The van der Waals surface area contributed by atoms with E-state index >= 15 is 0 Å². The number of furan rings is 1. The summed E-state index contributed by atoms with van der Waals surface area (Å²) in [6.45, 7) is 0. The molecule has 1 aromatic carbocycles. The number of aldehydes is 1. The Morgan fingerprint density at radius 2 is 2.16 bits per heavy atom. The van der Waals surface area contributed by atoms with Gasteiger partial charge in [0.25, 0.3) is 0 Å². The molecule has 3 rings (SSSR count). The number of nitrogens with zero attached hydrogens (tertiary/aromatic N) is 4. The van der Waals surface area contributed by atoms with Crippen LogP contribution in [-0.4, -0.2) is 26.5 Å². The van der Waals surface area contributed by atoms with Gasteiger partial charge in [-0.3, -0.25) is 4.79 Å². The lowest BCUT2D eigenvalue weighted by Gasteiger charge is -2.03. The summed E-state index contributed by atoms with van der Waals surface area (Å²) in [6, 6.07) is 7.56. The normalized spacial score (nSPS) is 10.6. The van der Waals surface area contributed by atoms with Crippen LogP contribution in [0.1, 0.15) is 10.6 Å². The highest BCUT2D eigenvalue weighted by atomic mass is 19.1. The van der Waals surface area contributed by atoms with Gasteiger partial charge in [0.1, 0.15) is 23.6 Å². The molecule has 0 radical (unpaired) electrons. The number of carbonyl (C=O) groups excluding carboxylic acids is 1. The molecular formula is C12H7FN4O2. The smallest absolute Gasteiger partial charge is 0.185 e. The summed E-state index contributed by atoms with van der Waals surface area (Å²) >= 11 is 0. The maximum absolute atomic E-state index is 13.7. The molecule has 0 spiro atoms. The molecule has 0 saturated heterocycles. The zero-order valence-corrected chi connectivity index (χ0v) is 9.52. The number of hydrogen-bond acceptors (Lipinski definition) is 5. The molecule has 0 fully saturated rings. The summed E-state index contributed by atoms with van der Waals surface area (Å²) in [4.78, 5) is 10.6. The highest BCUT2D eigenvalue weighted by Crippen LogP contribution is 2.25. The van der Waals surface area contributed by atoms with Crippen LogP contribution in [0.15, 0.2) is 41.1 Å². The van der Waals surface area contributed by atoms with Crippen LogP contribution in [0.25, 0.3) is 17.0 Å². The predicted octanol–water partition coefficient (Wildman–Crippen LogP) is 1.87. The molecule has 6 nitrogen and oxygen atoms in total. The van der Waals surface area contributed by atoms with Crippen LogP contribution < -0.4 is 0 Å². The highest BCUT2D eigenvalue weighted by molar-refractivity contribution is 5.73. The van der Waals surface area contributed by atoms with E-state index in [2.05, 4.69) is 15.5 Å². The van der Waals surface area contributed by atoms with Gasteiger partial charge in [0.15, 0.2) is 12.0 Å². The van der Waals surface area contributed by atoms with Crippen molar-refractivity contribution >= 4 is 6.29 Å². The maximum atomic E-state index is 13.7. The van der Waals surface area contributed by atoms with Gasteiger partial charge in [0.05, 0.1) is 0 Å². The van der Waals surface area contributed by atoms with Gasteiger partial charge >= 0.3 is 0 Å². The molecule has 0 N–H and O–H groups in total. The van der Waals surface area contributed by atoms with E-state index in [1.807, 2.05) is 0 Å². The number of rotatable bonds is 3. The largest absolute Gasteiger partial charge is 0.453 e. The highest BCUT2D eigenvalue weighted by Gasteiger charge is 2.10. The molecule has 0 amide bonds. The molecular weight excluding hydrogens is 251 g/mol. The van der Waals surface area contributed by atoms with Crippen molar-refractivity contribution < 1.29 is 13.6 Å². The number of tetrazole rings is 1. The van der Waals surface area contributed by atoms with E-state index in [0.29, 0.717) is 17.6 Å². The van der Waals surface area contributed by atoms with E-state index in [-0.39, 0.29) is 11.4 Å². The van der Waals surface area contributed by atoms with Crippen molar-refractivity contribution in [3.63, 3.8) is 0 Å². The number of hydrogen-bond donors (Lipinski definition) is 0. The van der Waals surface area contributed by atoms with Crippen molar-refractivity contribution in [1.82, 2.24) is 20.2 Å². The van der Waals surface area contributed by atoms with Crippen molar-refractivity contribution in [2.45, 2.75) is 0 Å². The minimum absolute atomic E-state index is 0.201. The van der Waals surface area contributed by atoms with Crippen molar-refractivity contribution in [2.75, 3.05) is 0 Å². The number of halogens is 1. The third kappa shape index (κ3) is 2.01. The summed E-state index contributed by atoms with van der Waals surface area (Å²) in [5, 5.41) is 10.5. The van der Waals surface area contributed by atoms with Gasteiger partial charge in [0.2, 0.25) is 0 Å². The van der Waals surface area contributed by atoms with Gasteiger partial charge in [-0.1, -0.05) is 0 Å². The molecule has 19 heavy (non-hydrogen) atoms. The standard InChI is InChI=1S/C12H7FN4O2/c13-10-3-1-8(12-4-2-9(6-18)19-12)5-11(10)17-7-14-15-16-17/h1-7H. The van der Waals surface area contributed by atoms with Crippen molar-refractivity contribution in [3.8, 4) is 17.0 Å². The van der Waals surface area contributed by atoms with Gasteiger partial charge in [-0.2, -0.15) is 4.68 Å². The molecule has 2 heterocycles. The fraction of sp³-hybridized carbons (Fsp3) is 0. The van der Waals surface area contributed by atoms with Crippen LogP contribution in [0.3, 0.4) is 0 Å². The summed E-state index contributed by atoms with van der Waals surface area (Å²) in [6.07, 6.45) is 1.90. The molecule has 3 aromatic rings. The van der Waals surface area contributed by atoms with Gasteiger partial charge in [0, 0.05) is 5.56 Å². The quantitative estimate of drug-likeness (QED) is 0.670. The average Bonchev–Trinajstić information content (AvgIpc) is 3.10. The Morgan fingerprint density at radius 1 is 1.26 bits per heavy atom. The Kier molecular flexibility index (Phi) is 2.64. The third-order valence-corrected chi connectivity index (χ3v) is 2.57. The topological polar surface area (TPSA) is 73.8 Å². The van der Waals surface area contributed by atoms with E-state index in [1.54, 1.807) is 24.3 Å². The molecule has 0 atom stereocenters. The zero-order valence-electron chi connectivity index (χ0n) is 9.52. The van der Waals surface area contributed by atoms with E-state index < -0.39 is 5.82 Å². The van der Waals surface area contributed by atoms with Crippen LogP contribution >= 0.6 is 0 Å². The Balaban J connectivity index is 2.09. The van der Waals surface area contributed by atoms with Gasteiger partial charge in [-0.25, -0.2) is 4.39 Å². The Hall–Kier alpha value is -2.83. The number of aromatic nitrogens is 4. The first-order valence-corrected chi connectivity index (χ1v) is 5.36. The predicted molar refractivity (Wildman–Crippen MR) is 62.2 cm³/mol. The van der Waals surface area contributed by atoms with Crippen molar-refractivity contribution in [3.05, 3.63) is 48.2 Å². The van der Waals surface area contributed by atoms with Crippen LogP contribution in [-0.2, 0) is 0 Å². The third-order valence-electron chi connectivity index (χ3n) is 2.57. The van der Waals surface area contributed by atoms with Crippen LogP contribution in [0.2, 0.25) is 0 Å². The van der Waals surface area contributed by atoms with Gasteiger partial charge in [-0.15, -0.1) is 5.10 Å². The monoisotopic (exact) mass is 258 g/mol. The lowest BCUT2D eigenvalue weighted by atomic mass is 10.1. The van der Waals surface area contributed by atoms with Crippen LogP contribution in [0, 0.1) is 5.82 Å².